The first-order chi connectivity index (χ1) is 6.59. The number of aromatic nitrogens is 2. The third-order valence-corrected chi connectivity index (χ3v) is 1.84. The number of fused-ring (bicyclic) bond motifs is 1. The van der Waals surface area contributed by atoms with Crippen LogP contribution in [-0.4, -0.2) is 32.8 Å². The van der Waals surface area contributed by atoms with Crippen LogP contribution in [0.1, 0.15) is 0 Å². The molecule has 7 heteroatoms. The van der Waals surface area contributed by atoms with E-state index >= 15 is 0 Å². The highest BCUT2D eigenvalue weighted by Gasteiger charge is 2.27. The van der Waals surface area contributed by atoms with Gasteiger partial charge in [-0.2, -0.15) is 10.1 Å². The van der Waals surface area contributed by atoms with Gasteiger partial charge < -0.3 is 5.11 Å². The van der Waals surface area contributed by atoms with Crippen molar-refractivity contribution in [1.29, 1.82) is 0 Å². The summed E-state index contributed by atoms with van der Waals surface area (Å²) in [5.41, 5.74) is 0.299. The van der Waals surface area contributed by atoms with E-state index in [1.807, 2.05) is 0 Å². The van der Waals surface area contributed by atoms with E-state index in [1.165, 1.54) is 10.9 Å². The SMILES string of the molecule is Cn1ncc2c1=NC(=O)C(C(=O)O)N=2. The lowest BCUT2D eigenvalue weighted by Crippen LogP contribution is -2.41. The summed E-state index contributed by atoms with van der Waals surface area (Å²) in [4.78, 5) is 29.1. The molecular formula is C7H6N4O3. The number of rotatable bonds is 1. The monoisotopic (exact) mass is 194 g/mol. The van der Waals surface area contributed by atoms with E-state index in [0.717, 1.165) is 0 Å². The molecule has 14 heavy (non-hydrogen) atoms. The third-order valence-electron chi connectivity index (χ3n) is 1.84. The van der Waals surface area contributed by atoms with Gasteiger partial charge in [0, 0.05) is 7.05 Å². The molecule has 72 valence electrons. The fourth-order valence-corrected chi connectivity index (χ4v) is 1.16. The van der Waals surface area contributed by atoms with Crippen molar-refractivity contribution >= 4 is 11.9 Å². The molecule has 0 aliphatic carbocycles. The van der Waals surface area contributed by atoms with Gasteiger partial charge in [0.2, 0.25) is 6.04 Å². The summed E-state index contributed by atoms with van der Waals surface area (Å²) < 4.78 is 1.37. The van der Waals surface area contributed by atoms with Crippen LogP contribution in [0.2, 0.25) is 0 Å². The van der Waals surface area contributed by atoms with E-state index in [0.29, 0.717) is 10.8 Å². The fourth-order valence-electron chi connectivity index (χ4n) is 1.16. The molecule has 2 heterocycles. The second kappa shape index (κ2) is 2.72. The summed E-state index contributed by atoms with van der Waals surface area (Å²) in [6.45, 7) is 0. The number of carbonyl (C=O) groups is 2. The number of carbonyl (C=O) groups excluding carboxylic acids is 1. The number of nitrogens with zero attached hydrogens (tertiary/aromatic N) is 4. The van der Waals surface area contributed by atoms with E-state index in [4.69, 9.17) is 5.11 Å². The second-order valence-electron chi connectivity index (χ2n) is 2.80. The van der Waals surface area contributed by atoms with Crippen molar-refractivity contribution in [3.63, 3.8) is 0 Å². The molecule has 0 fully saturated rings. The molecule has 7 nitrogen and oxygen atoms in total. The molecule has 0 bridgehead atoms. The zero-order chi connectivity index (χ0) is 10.3. The van der Waals surface area contributed by atoms with Crippen LogP contribution in [0.15, 0.2) is 16.2 Å². The van der Waals surface area contributed by atoms with Crippen LogP contribution < -0.4 is 10.8 Å². The normalized spacial score (nSPS) is 19.5. The van der Waals surface area contributed by atoms with Gasteiger partial charge in [0.1, 0.15) is 5.36 Å². The predicted octanol–water partition coefficient (Wildman–Crippen LogP) is -2.35. The predicted molar refractivity (Wildman–Crippen MR) is 42.0 cm³/mol. The Morgan fingerprint density at radius 1 is 1.64 bits per heavy atom. The Labute approximate surface area is 77.4 Å². The molecule has 1 unspecified atom stereocenters. The first-order valence-electron chi connectivity index (χ1n) is 3.81. The van der Waals surface area contributed by atoms with Gasteiger partial charge in [-0.15, -0.1) is 0 Å². The zero-order valence-corrected chi connectivity index (χ0v) is 7.21. The molecule has 1 aromatic heterocycles. The van der Waals surface area contributed by atoms with Gasteiger partial charge in [-0.05, 0) is 0 Å². The summed E-state index contributed by atoms with van der Waals surface area (Å²) >= 11 is 0. The standard InChI is InChI=1S/C7H6N4O3/c1-11-5-3(2-8-11)9-4(7(13)14)6(12)10-5/h2,4H,1H3,(H,13,14). The van der Waals surface area contributed by atoms with Crippen LogP contribution in [0.5, 0.6) is 0 Å². The highest BCUT2D eigenvalue weighted by atomic mass is 16.4. The maximum Gasteiger partial charge on any atom is 0.338 e. The van der Waals surface area contributed by atoms with Crippen LogP contribution in [0.25, 0.3) is 0 Å². The lowest BCUT2D eigenvalue weighted by atomic mass is 10.3. The minimum absolute atomic E-state index is 0.299. The van der Waals surface area contributed by atoms with Crippen LogP contribution in [0.4, 0.5) is 0 Å². The van der Waals surface area contributed by atoms with Gasteiger partial charge in [0.15, 0.2) is 5.49 Å². The summed E-state index contributed by atoms with van der Waals surface area (Å²) in [6.07, 6.45) is 1.38. The Morgan fingerprint density at radius 2 is 2.36 bits per heavy atom. The van der Waals surface area contributed by atoms with Crippen molar-refractivity contribution in [3.8, 4) is 0 Å². The molecule has 1 aliphatic rings. The number of aliphatic carboxylic acids is 1. The number of aryl methyl sites for hydroxylation is 1. The maximum absolute atomic E-state index is 11.2. The lowest BCUT2D eigenvalue weighted by molar-refractivity contribution is -0.142. The molecule has 1 atom stereocenters. The molecule has 1 N–H and O–H groups in total. The summed E-state index contributed by atoms with van der Waals surface area (Å²) in [5, 5.41) is 12.8. The summed E-state index contributed by atoms with van der Waals surface area (Å²) in [6, 6.07) is -1.42. The van der Waals surface area contributed by atoms with Crippen LogP contribution in [0.3, 0.4) is 0 Å². The van der Waals surface area contributed by atoms with Crippen molar-refractivity contribution in [1.82, 2.24) is 9.78 Å². The van der Waals surface area contributed by atoms with Crippen LogP contribution in [-0.2, 0) is 16.6 Å². The minimum atomic E-state index is -1.42. The molecular weight excluding hydrogens is 188 g/mol. The Bertz CT molecular complexity index is 530. The van der Waals surface area contributed by atoms with Gasteiger partial charge in [0.05, 0.1) is 6.20 Å². The molecule has 1 aliphatic heterocycles. The van der Waals surface area contributed by atoms with E-state index in [1.54, 1.807) is 7.05 Å². The third kappa shape index (κ3) is 1.10. The number of carboxylic acids is 1. The minimum Gasteiger partial charge on any atom is -0.479 e. The first kappa shape index (κ1) is 8.54. The summed E-state index contributed by atoms with van der Waals surface area (Å²) in [5.74, 6) is -2.07. The van der Waals surface area contributed by atoms with Gasteiger partial charge in [-0.25, -0.2) is 9.48 Å². The van der Waals surface area contributed by atoms with Crippen LogP contribution in [0, 0.1) is 0 Å². The molecule has 1 amide bonds. The second-order valence-corrected chi connectivity index (χ2v) is 2.80. The fraction of sp³-hybridized carbons (Fsp3) is 0.286. The largest absolute Gasteiger partial charge is 0.479 e. The topological polar surface area (TPSA) is 96.9 Å². The van der Waals surface area contributed by atoms with Crippen molar-refractivity contribution in [2.45, 2.75) is 6.04 Å². The first-order valence-corrected chi connectivity index (χ1v) is 3.81. The Balaban J connectivity index is 2.69. The average Bonchev–Trinajstić information content (AvgIpc) is 2.46. The highest BCUT2D eigenvalue weighted by Crippen LogP contribution is 1.95. The molecule has 0 spiro atoms. The molecule has 0 saturated carbocycles. The smallest absolute Gasteiger partial charge is 0.338 e. The molecule has 0 radical (unpaired) electrons. The van der Waals surface area contributed by atoms with E-state index in [9.17, 15) is 9.59 Å². The van der Waals surface area contributed by atoms with E-state index in [2.05, 4.69) is 15.1 Å². The van der Waals surface area contributed by atoms with Crippen molar-refractivity contribution < 1.29 is 14.7 Å². The van der Waals surface area contributed by atoms with Gasteiger partial charge >= 0.3 is 5.97 Å². The van der Waals surface area contributed by atoms with Crippen LogP contribution >= 0.6 is 0 Å². The molecule has 0 aromatic carbocycles. The Morgan fingerprint density at radius 3 is 3.00 bits per heavy atom. The highest BCUT2D eigenvalue weighted by molar-refractivity contribution is 6.02. The van der Waals surface area contributed by atoms with E-state index < -0.39 is 17.9 Å². The van der Waals surface area contributed by atoms with Gasteiger partial charge in [-0.3, -0.25) is 9.79 Å². The molecule has 0 saturated heterocycles. The van der Waals surface area contributed by atoms with E-state index in [-0.39, 0.29) is 0 Å². The number of hydrogen-bond acceptors (Lipinski definition) is 4. The lowest BCUT2D eigenvalue weighted by Gasteiger charge is -2.04. The van der Waals surface area contributed by atoms with Gasteiger partial charge in [-0.1, -0.05) is 0 Å². The number of amides is 1. The Hall–Kier alpha value is -2.05. The Kier molecular flexibility index (Phi) is 1.66. The maximum atomic E-state index is 11.2. The zero-order valence-electron chi connectivity index (χ0n) is 7.21. The summed E-state index contributed by atoms with van der Waals surface area (Å²) in [7, 11) is 1.60. The van der Waals surface area contributed by atoms with Gasteiger partial charge in [0.25, 0.3) is 5.91 Å². The number of hydrogen-bond donors (Lipinski definition) is 1. The van der Waals surface area contributed by atoms with Crippen molar-refractivity contribution in [2.24, 2.45) is 17.0 Å². The molecule has 2 rings (SSSR count). The number of carboxylic acid groups (broad SMARTS) is 1. The average molecular weight is 194 g/mol. The molecule has 1 aromatic rings. The quantitative estimate of drug-likeness (QED) is 0.506. The van der Waals surface area contributed by atoms with Crippen molar-refractivity contribution in [2.75, 3.05) is 0 Å². The van der Waals surface area contributed by atoms with Crippen molar-refractivity contribution in [3.05, 3.63) is 17.0 Å².